The molecule has 0 saturated carbocycles. The van der Waals surface area contributed by atoms with Crippen LogP contribution in [0.15, 0.2) is 76.0 Å². The van der Waals surface area contributed by atoms with Gasteiger partial charge in [-0.15, -0.1) is 22.7 Å². The number of thiophene rings is 1. The molecule has 0 aliphatic heterocycles. The number of rotatable bonds is 7. The molecular weight excluding hydrogens is 406 g/mol. The summed E-state index contributed by atoms with van der Waals surface area (Å²) in [4.78, 5) is 30.9. The van der Waals surface area contributed by atoms with Gasteiger partial charge in [0.1, 0.15) is 6.04 Å². The van der Waals surface area contributed by atoms with Gasteiger partial charge in [-0.05, 0) is 29.1 Å². The fourth-order valence-electron chi connectivity index (χ4n) is 2.76. The Morgan fingerprint density at radius 1 is 1.03 bits per heavy atom. The molecule has 0 bridgehead atoms. The Balaban J connectivity index is 1.50. The normalized spacial score (nSPS) is 11.7. The number of aromatic nitrogens is 1. The Morgan fingerprint density at radius 3 is 2.62 bits per heavy atom. The topological polar surface area (TPSA) is 84.2 Å². The van der Waals surface area contributed by atoms with Crippen molar-refractivity contribution in [1.82, 2.24) is 10.3 Å². The van der Waals surface area contributed by atoms with E-state index in [0.717, 1.165) is 16.1 Å². The van der Waals surface area contributed by atoms with E-state index in [1.165, 1.54) is 17.6 Å². The first-order valence-electron chi connectivity index (χ1n) is 8.87. The molecule has 29 heavy (non-hydrogen) atoms. The van der Waals surface area contributed by atoms with Crippen LogP contribution in [0.3, 0.4) is 0 Å². The Kier molecular flexibility index (Phi) is 5.83. The molecule has 6 nitrogen and oxygen atoms in total. The molecule has 0 spiro atoms. The second-order valence-corrected chi connectivity index (χ2v) is 8.00. The summed E-state index contributed by atoms with van der Waals surface area (Å²) in [6.07, 6.45) is 1.77. The minimum Gasteiger partial charge on any atom is -0.459 e. The highest BCUT2D eigenvalue weighted by Gasteiger charge is 2.24. The van der Waals surface area contributed by atoms with Crippen LogP contribution in [0.5, 0.6) is 0 Å². The maximum absolute atomic E-state index is 12.9. The predicted octanol–water partition coefficient (Wildman–Crippen LogP) is 4.44. The van der Waals surface area contributed by atoms with Crippen molar-refractivity contribution >= 4 is 39.6 Å². The third-order valence-corrected chi connectivity index (χ3v) is 5.81. The van der Waals surface area contributed by atoms with Crippen LogP contribution in [0.1, 0.15) is 16.1 Å². The zero-order valence-electron chi connectivity index (χ0n) is 15.2. The Bertz CT molecular complexity index is 1070. The number of carbonyl (C=O) groups is 2. The van der Waals surface area contributed by atoms with Crippen molar-refractivity contribution in [2.24, 2.45) is 0 Å². The number of anilines is 1. The molecule has 3 heterocycles. The van der Waals surface area contributed by atoms with E-state index in [2.05, 4.69) is 15.6 Å². The molecular formula is C21H17N3O3S2. The van der Waals surface area contributed by atoms with Crippen molar-refractivity contribution < 1.29 is 14.0 Å². The van der Waals surface area contributed by atoms with E-state index < -0.39 is 11.9 Å². The summed E-state index contributed by atoms with van der Waals surface area (Å²) in [5.41, 5.74) is 1.75. The zero-order chi connectivity index (χ0) is 20.1. The third kappa shape index (κ3) is 4.79. The number of thiazole rings is 1. The summed E-state index contributed by atoms with van der Waals surface area (Å²) in [6.45, 7) is 0. The Labute approximate surface area is 175 Å². The van der Waals surface area contributed by atoms with Gasteiger partial charge in [-0.1, -0.05) is 36.4 Å². The number of nitrogens with zero attached hydrogens (tertiary/aromatic N) is 1. The van der Waals surface area contributed by atoms with E-state index in [1.54, 1.807) is 23.5 Å². The first kappa shape index (κ1) is 19.1. The van der Waals surface area contributed by atoms with Crippen LogP contribution in [0.4, 0.5) is 5.13 Å². The molecule has 4 aromatic rings. The van der Waals surface area contributed by atoms with Gasteiger partial charge in [0.05, 0.1) is 16.8 Å². The summed E-state index contributed by atoms with van der Waals surface area (Å²) in [5.74, 6) is -0.615. The number of furan rings is 1. The largest absolute Gasteiger partial charge is 0.459 e. The average molecular weight is 424 g/mol. The SMILES string of the molecule is O=C(NC(Cc1ccccc1)C(=O)Nc1nc(-c2cccs2)cs1)c1ccco1. The van der Waals surface area contributed by atoms with Crippen molar-refractivity contribution in [2.75, 3.05) is 5.32 Å². The van der Waals surface area contributed by atoms with Crippen molar-refractivity contribution in [3.8, 4) is 10.6 Å². The molecule has 8 heteroatoms. The van der Waals surface area contributed by atoms with Crippen molar-refractivity contribution in [2.45, 2.75) is 12.5 Å². The predicted molar refractivity (Wildman–Crippen MR) is 114 cm³/mol. The monoisotopic (exact) mass is 423 g/mol. The van der Waals surface area contributed by atoms with E-state index in [9.17, 15) is 9.59 Å². The minimum absolute atomic E-state index is 0.157. The van der Waals surface area contributed by atoms with Gasteiger partial charge < -0.3 is 15.1 Å². The highest BCUT2D eigenvalue weighted by atomic mass is 32.1. The van der Waals surface area contributed by atoms with Crippen LogP contribution in [0.2, 0.25) is 0 Å². The van der Waals surface area contributed by atoms with Crippen LogP contribution in [-0.2, 0) is 11.2 Å². The lowest BCUT2D eigenvalue weighted by molar-refractivity contribution is -0.118. The molecule has 1 atom stereocenters. The fraction of sp³-hybridized carbons (Fsp3) is 0.0952. The maximum atomic E-state index is 12.9. The number of benzene rings is 1. The summed E-state index contributed by atoms with van der Waals surface area (Å²) >= 11 is 2.94. The Morgan fingerprint density at radius 2 is 1.90 bits per heavy atom. The van der Waals surface area contributed by atoms with E-state index in [-0.39, 0.29) is 11.7 Å². The van der Waals surface area contributed by atoms with Gasteiger partial charge in [-0.2, -0.15) is 0 Å². The number of hydrogen-bond donors (Lipinski definition) is 2. The summed E-state index contributed by atoms with van der Waals surface area (Å²) in [6, 6.07) is 15.9. The van der Waals surface area contributed by atoms with Gasteiger partial charge in [0, 0.05) is 11.8 Å². The fourth-order valence-corrected chi connectivity index (χ4v) is 4.23. The van der Waals surface area contributed by atoms with E-state index >= 15 is 0 Å². The lowest BCUT2D eigenvalue weighted by Gasteiger charge is -2.17. The molecule has 0 aliphatic rings. The molecule has 4 rings (SSSR count). The second kappa shape index (κ2) is 8.85. The van der Waals surface area contributed by atoms with Gasteiger partial charge in [0.2, 0.25) is 5.91 Å². The Hall–Kier alpha value is -3.23. The first-order valence-corrected chi connectivity index (χ1v) is 10.6. The lowest BCUT2D eigenvalue weighted by atomic mass is 10.1. The number of carbonyl (C=O) groups excluding carboxylic acids is 2. The number of amides is 2. The third-order valence-electron chi connectivity index (χ3n) is 4.16. The number of hydrogen-bond acceptors (Lipinski definition) is 6. The van der Waals surface area contributed by atoms with Crippen LogP contribution in [0.25, 0.3) is 10.6 Å². The molecule has 0 fully saturated rings. The minimum atomic E-state index is -0.774. The van der Waals surface area contributed by atoms with Crippen molar-refractivity contribution in [1.29, 1.82) is 0 Å². The molecule has 2 amide bonds. The van der Waals surface area contributed by atoms with Crippen LogP contribution in [-0.4, -0.2) is 22.8 Å². The standard InChI is InChI=1S/C21H17N3O3S2/c25-19(24-21-23-16(13-29-21)18-9-5-11-28-18)15(12-14-6-2-1-3-7-14)22-20(26)17-8-4-10-27-17/h1-11,13,15H,12H2,(H,22,26)(H,23,24,25). The second-order valence-electron chi connectivity index (χ2n) is 6.20. The lowest BCUT2D eigenvalue weighted by Crippen LogP contribution is -2.45. The molecule has 2 N–H and O–H groups in total. The van der Waals surface area contributed by atoms with Crippen molar-refractivity contribution in [3.05, 3.63) is 82.9 Å². The van der Waals surface area contributed by atoms with Gasteiger partial charge in [-0.3, -0.25) is 9.59 Å². The van der Waals surface area contributed by atoms with Crippen LogP contribution in [0, 0.1) is 0 Å². The highest BCUT2D eigenvalue weighted by molar-refractivity contribution is 7.16. The van der Waals surface area contributed by atoms with Crippen LogP contribution >= 0.6 is 22.7 Å². The molecule has 0 aliphatic carbocycles. The van der Waals surface area contributed by atoms with E-state index in [1.807, 2.05) is 53.2 Å². The quantitative estimate of drug-likeness (QED) is 0.460. The van der Waals surface area contributed by atoms with Gasteiger partial charge >= 0.3 is 0 Å². The first-order chi connectivity index (χ1) is 14.2. The average Bonchev–Trinajstić information content (AvgIpc) is 3.49. The molecule has 1 aromatic carbocycles. The molecule has 0 saturated heterocycles. The highest BCUT2D eigenvalue weighted by Crippen LogP contribution is 2.28. The van der Waals surface area contributed by atoms with Crippen molar-refractivity contribution in [3.63, 3.8) is 0 Å². The molecule has 146 valence electrons. The molecule has 3 aromatic heterocycles. The molecule has 1 unspecified atom stereocenters. The van der Waals surface area contributed by atoms with E-state index in [4.69, 9.17) is 4.42 Å². The van der Waals surface area contributed by atoms with Gasteiger partial charge in [0.15, 0.2) is 10.9 Å². The van der Waals surface area contributed by atoms with Gasteiger partial charge in [-0.25, -0.2) is 4.98 Å². The summed E-state index contributed by atoms with van der Waals surface area (Å²) in [7, 11) is 0. The summed E-state index contributed by atoms with van der Waals surface area (Å²) < 4.78 is 5.14. The number of nitrogens with one attached hydrogen (secondary N) is 2. The smallest absolute Gasteiger partial charge is 0.287 e. The van der Waals surface area contributed by atoms with Crippen LogP contribution < -0.4 is 10.6 Å². The van der Waals surface area contributed by atoms with E-state index in [0.29, 0.717) is 11.6 Å². The van der Waals surface area contributed by atoms with Gasteiger partial charge in [0.25, 0.3) is 5.91 Å². The zero-order valence-corrected chi connectivity index (χ0v) is 16.8. The summed E-state index contributed by atoms with van der Waals surface area (Å²) in [5, 5.41) is 9.95. The molecule has 0 radical (unpaired) electrons. The maximum Gasteiger partial charge on any atom is 0.287 e.